The summed E-state index contributed by atoms with van der Waals surface area (Å²) in [7, 11) is 0. The van der Waals surface area contributed by atoms with Gasteiger partial charge in [0.05, 0.1) is 6.61 Å². The molecule has 0 saturated heterocycles. The molecule has 0 aliphatic heterocycles. The van der Waals surface area contributed by atoms with Crippen molar-refractivity contribution in [3.05, 3.63) is 6.61 Å². The third kappa shape index (κ3) is 5.92. The summed E-state index contributed by atoms with van der Waals surface area (Å²) in [6.07, 6.45) is 0.727. The Hall–Kier alpha value is -0.0800. The molecule has 0 unspecified atom stereocenters. The average molecular weight is 103 g/mol. The molecule has 7 heavy (non-hydrogen) atoms. The van der Waals surface area contributed by atoms with Gasteiger partial charge >= 0.3 is 0 Å². The van der Waals surface area contributed by atoms with Crippen LogP contribution >= 0.6 is 0 Å². The largest absolute Gasteiger partial charge is 0.396 e. The molecule has 1 radical (unpaired) electrons. The van der Waals surface area contributed by atoms with Gasteiger partial charge in [-0.2, -0.15) is 0 Å². The van der Waals surface area contributed by atoms with Gasteiger partial charge in [-0.3, -0.25) is 0 Å². The normalized spacial score (nSPS) is 9.43. The Morgan fingerprint density at radius 3 is 2.86 bits per heavy atom. The lowest BCUT2D eigenvalue weighted by atomic mass is 10.5. The second kappa shape index (κ2) is 5.92. The van der Waals surface area contributed by atoms with Crippen LogP contribution in [0.3, 0.4) is 0 Å². The van der Waals surface area contributed by atoms with Gasteiger partial charge in [0, 0.05) is 13.2 Å². The number of hydrogen-bond donors (Lipinski definition) is 1. The minimum Gasteiger partial charge on any atom is -0.396 e. The fourth-order valence-corrected chi connectivity index (χ4v) is 0.266. The third-order valence-corrected chi connectivity index (χ3v) is 0.587. The van der Waals surface area contributed by atoms with E-state index in [0.717, 1.165) is 6.42 Å². The molecular weight excluding hydrogens is 92.1 g/mol. The molecule has 0 aromatic heterocycles. The van der Waals surface area contributed by atoms with Gasteiger partial charge in [0.15, 0.2) is 0 Å². The van der Waals surface area contributed by atoms with Gasteiger partial charge in [-0.25, -0.2) is 0 Å². The number of aliphatic hydroxyl groups excluding tert-OH is 1. The van der Waals surface area contributed by atoms with E-state index in [2.05, 4.69) is 0 Å². The maximum Gasteiger partial charge on any atom is 0.0805 e. The zero-order valence-electron chi connectivity index (χ0n) is 4.55. The van der Waals surface area contributed by atoms with Gasteiger partial charge < -0.3 is 9.84 Å². The molecule has 43 valence electrons. The summed E-state index contributed by atoms with van der Waals surface area (Å²) in [6.45, 7) is 4.29. The molecule has 0 fully saturated rings. The summed E-state index contributed by atoms with van der Waals surface area (Å²) < 4.78 is 4.79. The Morgan fingerprint density at radius 2 is 2.43 bits per heavy atom. The van der Waals surface area contributed by atoms with E-state index in [1.165, 1.54) is 0 Å². The summed E-state index contributed by atoms with van der Waals surface area (Å²) in [5.41, 5.74) is 0. The van der Waals surface area contributed by atoms with Crippen LogP contribution in [0.5, 0.6) is 0 Å². The van der Waals surface area contributed by atoms with Crippen LogP contribution < -0.4 is 0 Å². The molecule has 0 rings (SSSR count). The highest BCUT2D eigenvalue weighted by atomic mass is 16.5. The first-order valence-corrected chi connectivity index (χ1v) is 2.42. The van der Waals surface area contributed by atoms with E-state index in [0.29, 0.717) is 6.61 Å². The second-order valence-corrected chi connectivity index (χ2v) is 1.18. The number of hydrogen-bond acceptors (Lipinski definition) is 2. The van der Waals surface area contributed by atoms with Crippen molar-refractivity contribution in [2.75, 3.05) is 13.2 Å². The number of rotatable bonds is 4. The van der Waals surface area contributed by atoms with Crippen molar-refractivity contribution in [1.29, 1.82) is 0 Å². The molecule has 0 bridgehead atoms. The van der Waals surface area contributed by atoms with Crippen LogP contribution in [0.4, 0.5) is 0 Å². The van der Waals surface area contributed by atoms with E-state index < -0.39 is 0 Å². The van der Waals surface area contributed by atoms with Crippen LogP contribution in [0.1, 0.15) is 13.3 Å². The predicted molar refractivity (Wildman–Crippen MR) is 27.6 cm³/mol. The zero-order chi connectivity index (χ0) is 5.54. The molecule has 1 N–H and O–H groups in total. The third-order valence-electron chi connectivity index (χ3n) is 0.587. The highest BCUT2D eigenvalue weighted by molar-refractivity contribution is 4.35. The molecule has 0 aliphatic rings. The summed E-state index contributed by atoms with van der Waals surface area (Å²) in [5.74, 6) is 0. The van der Waals surface area contributed by atoms with Crippen LogP contribution in [0.25, 0.3) is 0 Å². The molecular formula is C5H11O2. The Labute approximate surface area is 44.1 Å². The molecule has 0 atom stereocenters. The summed E-state index contributed by atoms with van der Waals surface area (Å²) in [4.78, 5) is 0. The van der Waals surface area contributed by atoms with Crippen molar-refractivity contribution in [3.8, 4) is 0 Å². The van der Waals surface area contributed by atoms with Crippen LogP contribution in [0.2, 0.25) is 0 Å². The number of aliphatic hydroxyl groups is 1. The lowest BCUT2D eigenvalue weighted by Crippen LogP contribution is -1.92. The van der Waals surface area contributed by atoms with Crippen LogP contribution in [-0.4, -0.2) is 18.3 Å². The van der Waals surface area contributed by atoms with E-state index in [-0.39, 0.29) is 6.61 Å². The van der Waals surface area contributed by atoms with Crippen molar-refractivity contribution in [2.24, 2.45) is 0 Å². The maximum absolute atomic E-state index is 8.20. The lowest BCUT2D eigenvalue weighted by Gasteiger charge is -1.93. The van der Waals surface area contributed by atoms with Crippen molar-refractivity contribution >= 4 is 0 Å². The van der Waals surface area contributed by atoms with Gasteiger partial charge in [-0.05, 0) is 13.3 Å². The van der Waals surface area contributed by atoms with E-state index in [1.807, 2.05) is 6.92 Å². The number of ether oxygens (including phenoxy) is 1. The zero-order valence-corrected chi connectivity index (χ0v) is 4.55. The van der Waals surface area contributed by atoms with E-state index in [1.54, 1.807) is 6.61 Å². The monoisotopic (exact) mass is 103 g/mol. The summed E-state index contributed by atoms with van der Waals surface area (Å²) in [5, 5.41) is 8.20. The molecule has 2 heteroatoms. The standard InChI is InChI=1S/C5H11O2/c1-2-7-5-3-4-6/h2,6H,3-5H2,1H3. The Bertz CT molecular complexity index is 25.3. The predicted octanol–water partition coefficient (Wildman–Crippen LogP) is 0.567. The minimum atomic E-state index is 0.216. The molecule has 0 amide bonds. The summed E-state index contributed by atoms with van der Waals surface area (Å²) >= 11 is 0. The highest BCUT2D eigenvalue weighted by Gasteiger charge is 1.80. The maximum atomic E-state index is 8.20. The van der Waals surface area contributed by atoms with Gasteiger partial charge in [0.25, 0.3) is 0 Å². The van der Waals surface area contributed by atoms with E-state index in [9.17, 15) is 0 Å². The van der Waals surface area contributed by atoms with Gasteiger partial charge in [-0.1, -0.05) is 0 Å². The fraction of sp³-hybridized carbons (Fsp3) is 0.800. The lowest BCUT2D eigenvalue weighted by molar-refractivity contribution is 0.170. The quantitative estimate of drug-likeness (QED) is 0.527. The Kier molecular flexibility index (Phi) is 5.85. The minimum absolute atomic E-state index is 0.216. The van der Waals surface area contributed by atoms with Crippen molar-refractivity contribution in [1.82, 2.24) is 0 Å². The van der Waals surface area contributed by atoms with Crippen molar-refractivity contribution in [2.45, 2.75) is 13.3 Å². The molecule has 0 saturated carbocycles. The van der Waals surface area contributed by atoms with Gasteiger partial charge in [0.1, 0.15) is 0 Å². The molecule has 0 spiro atoms. The highest BCUT2D eigenvalue weighted by Crippen LogP contribution is 1.81. The molecule has 0 aliphatic carbocycles. The fourth-order valence-electron chi connectivity index (χ4n) is 0.266. The second-order valence-electron chi connectivity index (χ2n) is 1.18. The SMILES string of the molecule is C[CH]OCCCO. The molecule has 0 aromatic carbocycles. The van der Waals surface area contributed by atoms with Crippen LogP contribution in [0.15, 0.2) is 0 Å². The molecule has 0 heterocycles. The summed E-state index contributed by atoms with van der Waals surface area (Å²) in [6, 6.07) is 0. The topological polar surface area (TPSA) is 29.5 Å². The molecule has 2 nitrogen and oxygen atoms in total. The van der Waals surface area contributed by atoms with E-state index >= 15 is 0 Å². The first kappa shape index (κ1) is 6.92. The van der Waals surface area contributed by atoms with E-state index in [4.69, 9.17) is 9.84 Å². The molecule has 0 aromatic rings. The Balaban J connectivity index is 2.45. The van der Waals surface area contributed by atoms with Crippen LogP contribution in [0, 0.1) is 6.61 Å². The smallest absolute Gasteiger partial charge is 0.0805 e. The first-order valence-electron chi connectivity index (χ1n) is 2.42. The van der Waals surface area contributed by atoms with Gasteiger partial charge in [0.2, 0.25) is 0 Å². The van der Waals surface area contributed by atoms with Gasteiger partial charge in [-0.15, -0.1) is 0 Å². The van der Waals surface area contributed by atoms with Crippen LogP contribution in [-0.2, 0) is 4.74 Å². The Morgan fingerprint density at radius 1 is 1.71 bits per heavy atom. The van der Waals surface area contributed by atoms with Crippen molar-refractivity contribution in [3.63, 3.8) is 0 Å². The average Bonchev–Trinajstić information content (AvgIpc) is 1.69. The van der Waals surface area contributed by atoms with Crippen molar-refractivity contribution < 1.29 is 9.84 Å². The first-order chi connectivity index (χ1) is 3.41.